The molecule has 3 nitrogen and oxygen atoms in total. The fourth-order valence-corrected chi connectivity index (χ4v) is 1.50. The minimum Gasteiger partial charge on any atom is -0.423 e. The molecule has 0 amide bonds. The van der Waals surface area contributed by atoms with Gasteiger partial charge in [0.25, 0.3) is 0 Å². The van der Waals surface area contributed by atoms with Crippen molar-refractivity contribution in [3.05, 3.63) is 34.6 Å². The van der Waals surface area contributed by atoms with Gasteiger partial charge in [0, 0.05) is 15.6 Å². The molecule has 1 aromatic heterocycles. The largest absolute Gasteiger partial charge is 0.423 e. The molecular formula is C8H4Cl2N2O. The Hall–Kier alpha value is -1.06. The fraction of sp³-hybridized carbons (Fsp3) is 0. The van der Waals surface area contributed by atoms with Gasteiger partial charge in [-0.2, -0.15) is 0 Å². The number of benzene rings is 1. The third-order valence-electron chi connectivity index (χ3n) is 1.47. The third-order valence-corrected chi connectivity index (χ3v) is 1.91. The summed E-state index contributed by atoms with van der Waals surface area (Å²) in [5.74, 6) is 0.407. The summed E-state index contributed by atoms with van der Waals surface area (Å²) in [7, 11) is 0. The highest BCUT2D eigenvalue weighted by atomic mass is 35.5. The van der Waals surface area contributed by atoms with Gasteiger partial charge in [-0.3, -0.25) is 0 Å². The van der Waals surface area contributed by atoms with Crippen molar-refractivity contribution >= 4 is 23.2 Å². The topological polar surface area (TPSA) is 38.9 Å². The highest BCUT2D eigenvalue weighted by molar-refractivity contribution is 6.35. The second-order valence-corrected chi connectivity index (χ2v) is 3.27. The first-order chi connectivity index (χ1) is 6.25. The van der Waals surface area contributed by atoms with Crippen LogP contribution < -0.4 is 0 Å². The summed E-state index contributed by atoms with van der Waals surface area (Å²) in [6.07, 6.45) is 1.25. The number of aromatic nitrogens is 2. The molecule has 2 aromatic rings. The zero-order valence-corrected chi connectivity index (χ0v) is 7.88. The predicted octanol–water partition coefficient (Wildman–Crippen LogP) is 3.04. The van der Waals surface area contributed by atoms with Gasteiger partial charge in [-0.1, -0.05) is 23.2 Å². The normalized spacial score (nSPS) is 10.3. The van der Waals surface area contributed by atoms with Gasteiger partial charge in [-0.25, -0.2) is 0 Å². The van der Waals surface area contributed by atoms with Gasteiger partial charge in [0.1, 0.15) is 0 Å². The first kappa shape index (κ1) is 8.53. The van der Waals surface area contributed by atoms with Crippen molar-refractivity contribution in [1.82, 2.24) is 10.2 Å². The van der Waals surface area contributed by atoms with Crippen molar-refractivity contribution in [2.24, 2.45) is 0 Å². The van der Waals surface area contributed by atoms with Crippen LogP contribution in [-0.2, 0) is 0 Å². The van der Waals surface area contributed by atoms with E-state index < -0.39 is 0 Å². The zero-order chi connectivity index (χ0) is 9.26. The average Bonchev–Trinajstić information content (AvgIpc) is 2.53. The lowest BCUT2D eigenvalue weighted by Gasteiger charge is -1.96. The van der Waals surface area contributed by atoms with Gasteiger partial charge < -0.3 is 4.42 Å². The molecule has 0 bridgehead atoms. The fourth-order valence-electron chi connectivity index (χ4n) is 0.976. The molecule has 0 N–H and O–H groups in total. The Morgan fingerprint density at radius 3 is 2.31 bits per heavy atom. The molecule has 0 fully saturated rings. The number of rotatable bonds is 1. The molecule has 1 heterocycles. The average molecular weight is 215 g/mol. The highest BCUT2D eigenvalue weighted by Crippen LogP contribution is 2.25. The lowest BCUT2D eigenvalue weighted by atomic mass is 10.2. The number of halogens is 2. The van der Waals surface area contributed by atoms with Crippen LogP contribution in [0, 0.1) is 0 Å². The Kier molecular flexibility index (Phi) is 2.20. The van der Waals surface area contributed by atoms with Crippen LogP contribution in [0.1, 0.15) is 0 Å². The SMILES string of the molecule is Clc1cc(Cl)cc(-c2nnco2)c1. The lowest BCUT2D eigenvalue weighted by molar-refractivity contribution is 0.568. The molecule has 0 aliphatic rings. The second kappa shape index (κ2) is 3.36. The van der Waals surface area contributed by atoms with E-state index in [1.807, 2.05) is 0 Å². The molecule has 66 valence electrons. The van der Waals surface area contributed by atoms with Crippen LogP contribution in [0.15, 0.2) is 29.0 Å². The molecule has 0 aliphatic carbocycles. The van der Waals surface area contributed by atoms with E-state index in [1.54, 1.807) is 18.2 Å². The molecule has 1 aromatic carbocycles. The second-order valence-electron chi connectivity index (χ2n) is 2.40. The van der Waals surface area contributed by atoms with Crippen LogP contribution in [-0.4, -0.2) is 10.2 Å². The van der Waals surface area contributed by atoms with E-state index in [-0.39, 0.29) is 0 Å². The van der Waals surface area contributed by atoms with Crippen molar-refractivity contribution in [1.29, 1.82) is 0 Å². The number of nitrogens with zero attached hydrogens (tertiary/aromatic N) is 2. The molecule has 0 aliphatic heterocycles. The smallest absolute Gasteiger partial charge is 0.247 e. The quantitative estimate of drug-likeness (QED) is 0.733. The Bertz CT molecular complexity index is 394. The van der Waals surface area contributed by atoms with E-state index in [1.165, 1.54) is 6.39 Å². The standard InChI is InChI=1S/C8H4Cl2N2O/c9-6-1-5(2-7(10)3-6)8-12-11-4-13-8/h1-4H. The van der Waals surface area contributed by atoms with Gasteiger partial charge in [0.15, 0.2) is 0 Å². The summed E-state index contributed by atoms with van der Waals surface area (Å²) in [6, 6.07) is 5.06. The molecule has 0 saturated carbocycles. The first-order valence-corrected chi connectivity index (χ1v) is 4.24. The Morgan fingerprint density at radius 1 is 1.08 bits per heavy atom. The van der Waals surface area contributed by atoms with Crippen molar-refractivity contribution in [2.75, 3.05) is 0 Å². The maximum atomic E-state index is 5.79. The van der Waals surface area contributed by atoms with E-state index in [0.717, 1.165) is 5.56 Å². The minimum absolute atomic E-state index is 0.407. The summed E-state index contributed by atoms with van der Waals surface area (Å²) in [5.41, 5.74) is 0.718. The summed E-state index contributed by atoms with van der Waals surface area (Å²) < 4.78 is 4.99. The zero-order valence-electron chi connectivity index (χ0n) is 6.37. The van der Waals surface area contributed by atoms with Crippen molar-refractivity contribution in [3.63, 3.8) is 0 Å². The summed E-state index contributed by atoms with van der Waals surface area (Å²) in [4.78, 5) is 0. The van der Waals surface area contributed by atoms with Crippen LogP contribution >= 0.6 is 23.2 Å². The Morgan fingerprint density at radius 2 is 1.77 bits per heavy atom. The number of hydrogen-bond donors (Lipinski definition) is 0. The molecule has 0 saturated heterocycles. The highest BCUT2D eigenvalue weighted by Gasteiger charge is 2.05. The molecule has 2 rings (SSSR count). The summed E-state index contributed by atoms with van der Waals surface area (Å²) in [6.45, 7) is 0. The maximum absolute atomic E-state index is 5.79. The van der Waals surface area contributed by atoms with E-state index >= 15 is 0 Å². The van der Waals surface area contributed by atoms with Gasteiger partial charge in [0.2, 0.25) is 12.3 Å². The lowest BCUT2D eigenvalue weighted by Crippen LogP contribution is -1.78. The van der Waals surface area contributed by atoms with Crippen molar-refractivity contribution in [3.8, 4) is 11.5 Å². The molecule has 0 radical (unpaired) electrons. The van der Waals surface area contributed by atoms with Crippen LogP contribution in [0.2, 0.25) is 10.0 Å². The van der Waals surface area contributed by atoms with E-state index in [2.05, 4.69) is 10.2 Å². The summed E-state index contributed by atoms with van der Waals surface area (Å²) >= 11 is 11.6. The van der Waals surface area contributed by atoms with Gasteiger partial charge in [-0.15, -0.1) is 10.2 Å². The minimum atomic E-state index is 0.407. The number of hydrogen-bond acceptors (Lipinski definition) is 3. The van der Waals surface area contributed by atoms with E-state index in [4.69, 9.17) is 27.6 Å². The molecule has 5 heteroatoms. The maximum Gasteiger partial charge on any atom is 0.247 e. The molecule has 0 atom stereocenters. The van der Waals surface area contributed by atoms with Gasteiger partial charge in [0.05, 0.1) is 0 Å². The monoisotopic (exact) mass is 214 g/mol. The molecule has 0 spiro atoms. The van der Waals surface area contributed by atoms with Crippen molar-refractivity contribution < 1.29 is 4.42 Å². The summed E-state index contributed by atoms with van der Waals surface area (Å²) in [5, 5.41) is 8.37. The first-order valence-electron chi connectivity index (χ1n) is 3.48. The molecule has 13 heavy (non-hydrogen) atoms. The van der Waals surface area contributed by atoms with Crippen LogP contribution in [0.5, 0.6) is 0 Å². The molecule has 0 unspecified atom stereocenters. The van der Waals surface area contributed by atoms with Crippen LogP contribution in [0.4, 0.5) is 0 Å². The van der Waals surface area contributed by atoms with Crippen LogP contribution in [0.25, 0.3) is 11.5 Å². The Balaban J connectivity index is 2.53. The molecular weight excluding hydrogens is 211 g/mol. The van der Waals surface area contributed by atoms with Crippen LogP contribution in [0.3, 0.4) is 0 Å². The van der Waals surface area contributed by atoms with E-state index in [9.17, 15) is 0 Å². The van der Waals surface area contributed by atoms with Gasteiger partial charge >= 0.3 is 0 Å². The van der Waals surface area contributed by atoms with Crippen molar-refractivity contribution in [2.45, 2.75) is 0 Å². The third kappa shape index (κ3) is 1.82. The predicted molar refractivity (Wildman–Crippen MR) is 49.8 cm³/mol. The van der Waals surface area contributed by atoms with Gasteiger partial charge in [-0.05, 0) is 18.2 Å². The van der Waals surface area contributed by atoms with E-state index in [0.29, 0.717) is 15.9 Å². The Labute approximate surface area is 84.3 Å².